The summed E-state index contributed by atoms with van der Waals surface area (Å²) in [5.41, 5.74) is 0.515. The minimum absolute atomic E-state index is 0.134. The van der Waals surface area contributed by atoms with Crippen LogP contribution in [-0.2, 0) is 4.79 Å². The maximum Gasteiger partial charge on any atom is 0.237 e. The van der Waals surface area contributed by atoms with Gasteiger partial charge in [0.15, 0.2) is 0 Å². The van der Waals surface area contributed by atoms with Crippen molar-refractivity contribution in [2.45, 2.75) is 17.1 Å². The third kappa shape index (κ3) is 4.57. The zero-order valence-electron chi connectivity index (χ0n) is 12.1. The lowest BCUT2D eigenvalue weighted by Gasteiger charge is -2.13. The van der Waals surface area contributed by atoms with Crippen LogP contribution in [0.15, 0.2) is 47.4 Å². The van der Waals surface area contributed by atoms with Crippen LogP contribution in [0, 0.1) is 0 Å². The number of amides is 1. The van der Waals surface area contributed by atoms with Crippen LogP contribution in [0.4, 0.5) is 5.69 Å². The van der Waals surface area contributed by atoms with Crippen molar-refractivity contribution in [2.75, 3.05) is 12.4 Å². The van der Waals surface area contributed by atoms with Crippen LogP contribution < -0.4 is 10.1 Å². The van der Waals surface area contributed by atoms with Gasteiger partial charge in [-0.1, -0.05) is 23.2 Å². The van der Waals surface area contributed by atoms with E-state index in [0.29, 0.717) is 15.7 Å². The first kappa shape index (κ1) is 17.0. The summed E-state index contributed by atoms with van der Waals surface area (Å²) in [4.78, 5) is 13.2. The van der Waals surface area contributed by atoms with Gasteiger partial charge in [-0.25, -0.2) is 0 Å². The lowest BCUT2D eigenvalue weighted by atomic mass is 10.3. The minimum Gasteiger partial charge on any atom is -0.497 e. The number of benzene rings is 2. The van der Waals surface area contributed by atoms with Gasteiger partial charge < -0.3 is 10.1 Å². The van der Waals surface area contributed by atoms with E-state index in [1.54, 1.807) is 25.3 Å². The average Bonchev–Trinajstić information content (AvgIpc) is 2.51. The van der Waals surface area contributed by atoms with E-state index >= 15 is 0 Å². The monoisotopic (exact) mass is 355 g/mol. The summed E-state index contributed by atoms with van der Waals surface area (Å²) in [5, 5.41) is 3.50. The Balaban J connectivity index is 2.00. The SMILES string of the molecule is COc1ccc(SC(C)C(=O)Nc2cc(Cl)ccc2Cl)cc1. The summed E-state index contributed by atoms with van der Waals surface area (Å²) in [6.07, 6.45) is 0. The second kappa shape index (κ2) is 7.77. The highest BCUT2D eigenvalue weighted by Gasteiger charge is 2.16. The molecule has 3 nitrogen and oxygen atoms in total. The largest absolute Gasteiger partial charge is 0.497 e. The van der Waals surface area contributed by atoms with E-state index in [4.69, 9.17) is 27.9 Å². The molecule has 22 heavy (non-hydrogen) atoms. The Morgan fingerprint density at radius 2 is 1.86 bits per heavy atom. The fraction of sp³-hybridized carbons (Fsp3) is 0.188. The summed E-state index contributed by atoms with van der Waals surface area (Å²) in [5.74, 6) is 0.650. The van der Waals surface area contributed by atoms with Gasteiger partial charge in [0.25, 0.3) is 0 Å². The lowest BCUT2D eigenvalue weighted by molar-refractivity contribution is -0.115. The molecule has 0 aliphatic rings. The summed E-state index contributed by atoms with van der Waals surface area (Å²) in [6.45, 7) is 1.84. The molecule has 0 bridgehead atoms. The smallest absolute Gasteiger partial charge is 0.237 e. The summed E-state index contributed by atoms with van der Waals surface area (Å²) < 4.78 is 5.11. The van der Waals surface area contributed by atoms with Crippen molar-refractivity contribution in [3.05, 3.63) is 52.5 Å². The third-order valence-corrected chi connectivity index (χ3v) is 4.60. The van der Waals surface area contributed by atoms with Crippen LogP contribution in [0.3, 0.4) is 0 Å². The maximum atomic E-state index is 12.2. The Bertz CT molecular complexity index is 662. The second-order valence-electron chi connectivity index (χ2n) is 4.55. The number of anilines is 1. The highest BCUT2D eigenvalue weighted by atomic mass is 35.5. The van der Waals surface area contributed by atoms with Crippen LogP contribution in [-0.4, -0.2) is 18.3 Å². The molecule has 0 aliphatic carbocycles. The highest BCUT2D eigenvalue weighted by molar-refractivity contribution is 8.00. The van der Waals surface area contributed by atoms with Crippen molar-refractivity contribution >= 4 is 46.6 Å². The molecule has 1 N–H and O–H groups in total. The van der Waals surface area contributed by atoms with Crippen molar-refractivity contribution < 1.29 is 9.53 Å². The molecule has 116 valence electrons. The minimum atomic E-state index is -0.275. The van der Waals surface area contributed by atoms with Crippen LogP contribution in [0.5, 0.6) is 5.75 Å². The molecule has 2 aromatic rings. The first-order valence-electron chi connectivity index (χ1n) is 6.56. The molecule has 2 rings (SSSR count). The fourth-order valence-corrected chi connectivity index (χ4v) is 2.94. The molecule has 6 heteroatoms. The molecule has 0 saturated carbocycles. The van der Waals surface area contributed by atoms with E-state index in [1.807, 2.05) is 31.2 Å². The molecular weight excluding hydrogens is 341 g/mol. The number of hydrogen-bond donors (Lipinski definition) is 1. The quantitative estimate of drug-likeness (QED) is 0.756. The molecule has 1 amide bonds. The van der Waals surface area contributed by atoms with Gasteiger partial charge in [0.05, 0.1) is 23.1 Å². The molecule has 0 fully saturated rings. The first-order chi connectivity index (χ1) is 10.5. The predicted octanol–water partition coefficient (Wildman–Crippen LogP) is 5.12. The van der Waals surface area contributed by atoms with E-state index in [9.17, 15) is 4.79 Å². The maximum absolute atomic E-state index is 12.2. The lowest BCUT2D eigenvalue weighted by Crippen LogP contribution is -2.22. The molecule has 0 aromatic heterocycles. The number of halogens is 2. The fourth-order valence-electron chi connectivity index (χ4n) is 1.74. The molecule has 1 unspecified atom stereocenters. The molecule has 2 aromatic carbocycles. The topological polar surface area (TPSA) is 38.3 Å². The summed E-state index contributed by atoms with van der Waals surface area (Å²) >= 11 is 13.4. The first-order valence-corrected chi connectivity index (χ1v) is 8.20. The Kier molecular flexibility index (Phi) is 6.00. The van der Waals surface area contributed by atoms with Gasteiger partial charge >= 0.3 is 0 Å². The molecule has 0 radical (unpaired) electrons. The number of carbonyl (C=O) groups excluding carboxylic acids is 1. The molecule has 0 spiro atoms. The Labute approximate surface area is 144 Å². The number of carbonyl (C=O) groups is 1. The number of nitrogens with one attached hydrogen (secondary N) is 1. The van der Waals surface area contributed by atoms with Crippen molar-refractivity contribution in [2.24, 2.45) is 0 Å². The Hall–Kier alpha value is -1.36. The molecule has 1 atom stereocenters. The molecule has 0 heterocycles. The van der Waals surface area contributed by atoms with Crippen molar-refractivity contribution in [1.29, 1.82) is 0 Å². The van der Waals surface area contributed by atoms with Crippen molar-refractivity contribution in [3.63, 3.8) is 0 Å². The van der Waals surface area contributed by atoms with Crippen LogP contribution in [0.2, 0.25) is 10.0 Å². The second-order valence-corrected chi connectivity index (χ2v) is 6.81. The summed E-state index contributed by atoms with van der Waals surface area (Å²) in [6, 6.07) is 12.5. The van der Waals surface area contributed by atoms with Crippen LogP contribution >= 0.6 is 35.0 Å². The number of methoxy groups -OCH3 is 1. The number of thioether (sulfide) groups is 1. The van der Waals surface area contributed by atoms with Gasteiger partial charge in [-0.2, -0.15) is 0 Å². The number of ether oxygens (including phenoxy) is 1. The van der Waals surface area contributed by atoms with E-state index in [2.05, 4.69) is 5.32 Å². The van der Waals surface area contributed by atoms with E-state index in [-0.39, 0.29) is 11.2 Å². The molecular formula is C16H15Cl2NO2S. The zero-order chi connectivity index (χ0) is 16.1. The highest BCUT2D eigenvalue weighted by Crippen LogP contribution is 2.29. The van der Waals surface area contributed by atoms with E-state index in [0.717, 1.165) is 10.6 Å². The van der Waals surface area contributed by atoms with Gasteiger partial charge in [0.1, 0.15) is 5.75 Å². The van der Waals surface area contributed by atoms with E-state index < -0.39 is 0 Å². The van der Waals surface area contributed by atoms with Crippen LogP contribution in [0.25, 0.3) is 0 Å². The van der Waals surface area contributed by atoms with Gasteiger partial charge in [-0.05, 0) is 49.4 Å². The third-order valence-electron chi connectivity index (χ3n) is 2.93. The Morgan fingerprint density at radius 3 is 2.50 bits per heavy atom. The van der Waals surface area contributed by atoms with Gasteiger partial charge in [0.2, 0.25) is 5.91 Å². The van der Waals surface area contributed by atoms with Gasteiger partial charge in [-0.15, -0.1) is 11.8 Å². The average molecular weight is 356 g/mol. The van der Waals surface area contributed by atoms with Gasteiger partial charge in [-0.3, -0.25) is 4.79 Å². The molecule has 0 saturated heterocycles. The van der Waals surface area contributed by atoms with Crippen molar-refractivity contribution in [3.8, 4) is 5.75 Å². The normalized spacial score (nSPS) is 11.8. The summed E-state index contributed by atoms with van der Waals surface area (Å²) in [7, 11) is 1.62. The van der Waals surface area contributed by atoms with Crippen molar-refractivity contribution in [1.82, 2.24) is 0 Å². The Morgan fingerprint density at radius 1 is 1.18 bits per heavy atom. The van der Waals surface area contributed by atoms with E-state index in [1.165, 1.54) is 11.8 Å². The molecule has 0 aliphatic heterocycles. The zero-order valence-corrected chi connectivity index (χ0v) is 14.4. The number of hydrogen-bond acceptors (Lipinski definition) is 3. The standard InChI is InChI=1S/C16H15Cl2NO2S/c1-10(22-13-6-4-12(21-2)5-7-13)16(20)19-15-9-11(17)3-8-14(15)18/h3-10H,1-2H3,(H,19,20). The predicted molar refractivity (Wildman–Crippen MR) is 93.4 cm³/mol. The van der Waals surface area contributed by atoms with Gasteiger partial charge in [0, 0.05) is 9.92 Å². The van der Waals surface area contributed by atoms with Crippen LogP contribution in [0.1, 0.15) is 6.92 Å². The number of rotatable bonds is 5.